The summed E-state index contributed by atoms with van der Waals surface area (Å²) in [6, 6.07) is 5.66. The number of carbonyl (C=O) groups is 3. The summed E-state index contributed by atoms with van der Waals surface area (Å²) in [5, 5.41) is 11.1. The lowest BCUT2D eigenvalue weighted by Crippen LogP contribution is -2.33. The van der Waals surface area contributed by atoms with Crippen molar-refractivity contribution in [2.45, 2.75) is 12.8 Å². The summed E-state index contributed by atoms with van der Waals surface area (Å²) < 4.78 is 0. The third kappa shape index (κ3) is 3.55. The Morgan fingerprint density at radius 2 is 1.91 bits per heavy atom. The van der Waals surface area contributed by atoms with Gasteiger partial charge in [-0.05, 0) is 6.07 Å². The van der Waals surface area contributed by atoms with Crippen LogP contribution in [0.3, 0.4) is 0 Å². The van der Waals surface area contributed by atoms with Crippen LogP contribution >= 0.6 is 0 Å². The van der Waals surface area contributed by atoms with Crippen molar-refractivity contribution < 1.29 is 29.0 Å². The van der Waals surface area contributed by atoms with Crippen LogP contribution in [0.25, 0.3) is 0 Å². The van der Waals surface area contributed by atoms with Crippen LogP contribution in [0.5, 0.6) is 0 Å². The van der Waals surface area contributed by atoms with Gasteiger partial charge in [-0.3, -0.25) is 30.0 Å². The molecule has 1 heterocycles. The molecule has 0 aliphatic carbocycles. The quantitative estimate of drug-likeness (QED) is 0.458. The molecule has 2 amide bonds. The maximum Gasteiger partial charge on any atom is 0.361 e. The fourth-order valence-electron chi connectivity index (χ4n) is 1.68. The molecule has 1 N–H and O–H groups in total. The summed E-state index contributed by atoms with van der Waals surface area (Å²) in [6.07, 6.45) is -0.0249. The van der Waals surface area contributed by atoms with Gasteiger partial charge >= 0.3 is 5.97 Å². The highest BCUT2D eigenvalue weighted by Gasteiger charge is 2.32. The lowest BCUT2D eigenvalue weighted by molar-refractivity contribution is -0.384. The summed E-state index contributed by atoms with van der Waals surface area (Å²) >= 11 is 0. The molecule has 2 rings (SSSR count). The molecule has 1 aliphatic rings. The summed E-state index contributed by atoms with van der Waals surface area (Å²) in [6.45, 7) is -0.650. The predicted octanol–water partition coefficient (Wildman–Crippen LogP) is 0.545. The fraction of sp³-hybridized carbons (Fsp3) is 0.250. The van der Waals surface area contributed by atoms with Crippen molar-refractivity contribution in [3.63, 3.8) is 0 Å². The Hall–Kier alpha value is -3.01. The molecule has 1 aliphatic heterocycles. The number of benzene rings is 1. The molecule has 0 saturated carbocycles. The van der Waals surface area contributed by atoms with Crippen LogP contribution in [0.1, 0.15) is 12.8 Å². The lowest BCUT2D eigenvalue weighted by Gasteiger charge is -2.12. The lowest BCUT2D eigenvalue weighted by atomic mass is 10.3. The second-order valence-electron chi connectivity index (χ2n) is 4.21. The van der Waals surface area contributed by atoms with Crippen molar-refractivity contribution in [2.75, 3.05) is 12.1 Å². The van der Waals surface area contributed by atoms with Crippen molar-refractivity contribution >= 4 is 29.2 Å². The van der Waals surface area contributed by atoms with Gasteiger partial charge in [0.05, 0.1) is 4.92 Å². The van der Waals surface area contributed by atoms with Gasteiger partial charge in [-0.2, -0.15) is 0 Å². The first-order valence-corrected chi connectivity index (χ1v) is 6.17. The number of nitrogens with one attached hydrogen (secondary N) is 1. The number of hydrogen-bond acceptors (Lipinski definition) is 8. The molecule has 10 nitrogen and oxygen atoms in total. The summed E-state index contributed by atoms with van der Waals surface area (Å²) in [4.78, 5) is 53.4. The molecule has 0 atom stereocenters. The van der Waals surface area contributed by atoms with Gasteiger partial charge in [0.2, 0.25) is 0 Å². The Labute approximate surface area is 123 Å². The number of nitro benzene ring substituents is 1. The first kappa shape index (κ1) is 15.4. The maximum absolute atomic E-state index is 11.4. The minimum absolute atomic E-state index is 0.0125. The normalized spacial score (nSPS) is 14.1. The number of nitro groups is 1. The number of rotatable bonds is 6. The van der Waals surface area contributed by atoms with E-state index >= 15 is 0 Å². The van der Waals surface area contributed by atoms with E-state index in [0.717, 1.165) is 0 Å². The number of hydrogen-bond donors (Lipinski definition) is 1. The highest BCUT2D eigenvalue weighted by molar-refractivity contribution is 6.01. The van der Waals surface area contributed by atoms with Gasteiger partial charge in [-0.15, -0.1) is 5.06 Å². The minimum atomic E-state index is -0.991. The van der Waals surface area contributed by atoms with Crippen LogP contribution in [0.4, 0.5) is 11.4 Å². The van der Waals surface area contributed by atoms with E-state index in [-0.39, 0.29) is 24.2 Å². The number of nitrogens with zero attached hydrogens (tertiary/aromatic N) is 2. The molecule has 0 unspecified atom stereocenters. The van der Waals surface area contributed by atoms with E-state index in [1.165, 1.54) is 18.2 Å². The zero-order valence-electron chi connectivity index (χ0n) is 11.2. The van der Waals surface area contributed by atoms with E-state index in [2.05, 4.69) is 10.3 Å². The number of carbonyl (C=O) groups excluding carboxylic acids is 3. The van der Waals surface area contributed by atoms with E-state index in [1.807, 2.05) is 0 Å². The highest BCUT2D eigenvalue weighted by atomic mass is 16.7. The summed E-state index contributed by atoms with van der Waals surface area (Å²) in [5.74, 6) is -2.20. The Morgan fingerprint density at radius 1 is 1.27 bits per heavy atom. The van der Waals surface area contributed by atoms with Gasteiger partial charge in [-0.25, -0.2) is 4.79 Å². The van der Waals surface area contributed by atoms with Crippen molar-refractivity contribution in [1.82, 2.24) is 5.06 Å². The van der Waals surface area contributed by atoms with E-state index in [0.29, 0.717) is 5.06 Å². The third-order valence-corrected chi connectivity index (χ3v) is 2.67. The highest BCUT2D eigenvalue weighted by Crippen LogP contribution is 2.22. The van der Waals surface area contributed by atoms with Crippen LogP contribution in [0.15, 0.2) is 24.3 Å². The van der Waals surface area contributed by atoms with E-state index in [9.17, 15) is 24.5 Å². The number of amides is 2. The molecule has 0 spiro atoms. The Balaban J connectivity index is 1.84. The van der Waals surface area contributed by atoms with Crippen molar-refractivity contribution in [2.24, 2.45) is 0 Å². The monoisotopic (exact) mass is 309 g/mol. The Morgan fingerprint density at radius 3 is 2.55 bits per heavy atom. The first-order valence-electron chi connectivity index (χ1n) is 6.17. The van der Waals surface area contributed by atoms with E-state index in [1.54, 1.807) is 6.07 Å². The van der Waals surface area contributed by atoms with Gasteiger partial charge < -0.3 is 4.84 Å². The van der Waals surface area contributed by atoms with Crippen molar-refractivity contribution in [3.8, 4) is 0 Å². The molecule has 0 aromatic heterocycles. The molecule has 22 heavy (non-hydrogen) atoms. The molecule has 10 heteroatoms. The van der Waals surface area contributed by atoms with Crippen molar-refractivity contribution in [1.29, 1.82) is 0 Å². The minimum Gasteiger partial charge on any atom is -0.328 e. The van der Waals surface area contributed by atoms with Crippen LogP contribution in [0.2, 0.25) is 0 Å². The average molecular weight is 309 g/mol. The van der Waals surface area contributed by atoms with Crippen LogP contribution in [-0.4, -0.2) is 34.4 Å². The van der Waals surface area contributed by atoms with Crippen LogP contribution < -0.4 is 5.48 Å². The summed E-state index contributed by atoms with van der Waals surface area (Å²) in [7, 11) is 0. The average Bonchev–Trinajstić information content (AvgIpc) is 2.79. The molecule has 1 saturated heterocycles. The smallest absolute Gasteiger partial charge is 0.328 e. The molecule has 1 fully saturated rings. The van der Waals surface area contributed by atoms with Gasteiger partial charge in [0, 0.05) is 18.9 Å². The second-order valence-corrected chi connectivity index (χ2v) is 4.21. The molecule has 1 aromatic carbocycles. The molecule has 0 radical (unpaired) electrons. The summed E-state index contributed by atoms with van der Waals surface area (Å²) in [5.41, 5.74) is 2.06. The Kier molecular flexibility index (Phi) is 4.63. The SMILES string of the molecule is O=C(CONc1ccccc1[N+](=O)[O-])ON1C(=O)CCC1=O. The second kappa shape index (κ2) is 6.63. The molecular formula is C12H11N3O7. The zero-order chi connectivity index (χ0) is 16.1. The standard InChI is InChI=1S/C12H11N3O7/c16-10-5-6-11(17)14(10)22-12(18)7-21-13-8-3-1-2-4-9(8)15(19)20/h1-4,13H,5-7H2. The molecule has 1 aromatic rings. The molecule has 0 bridgehead atoms. The van der Waals surface area contributed by atoms with E-state index in [4.69, 9.17) is 4.84 Å². The number of imide groups is 1. The largest absolute Gasteiger partial charge is 0.361 e. The van der Waals surface area contributed by atoms with Gasteiger partial charge in [0.15, 0.2) is 6.61 Å². The maximum atomic E-state index is 11.4. The number of hydroxylamine groups is 2. The van der Waals surface area contributed by atoms with Crippen LogP contribution in [-0.2, 0) is 24.1 Å². The molecule has 116 valence electrons. The third-order valence-electron chi connectivity index (χ3n) is 2.67. The van der Waals surface area contributed by atoms with E-state index < -0.39 is 29.3 Å². The number of para-hydroxylation sites is 2. The fourth-order valence-corrected chi connectivity index (χ4v) is 1.68. The van der Waals surface area contributed by atoms with Crippen LogP contribution in [0, 0.1) is 10.1 Å². The zero-order valence-corrected chi connectivity index (χ0v) is 11.2. The van der Waals surface area contributed by atoms with Crippen molar-refractivity contribution in [3.05, 3.63) is 34.4 Å². The topological polar surface area (TPSA) is 128 Å². The Bertz CT molecular complexity index is 615. The molecular weight excluding hydrogens is 298 g/mol. The van der Waals surface area contributed by atoms with Gasteiger partial charge in [0.25, 0.3) is 17.5 Å². The number of anilines is 1. The predicted molar refractivity (Wildman–Crippen MR) is 69.9 cm³/mol. The van der Waals surface area contributed by atoms with Gasteiger partial charge in [-0.1, -0.05) is 12.1 Å². The van der Waals surface area contributed by atoms with Gasteiger partial charge in [0.1, 0.15) is 5.69 Å². The first-order chi connectivity index (χ1) is 10.5.